The second kappa shape index (κ2) is 11.5. The summed E-state index contributed by atoms with van der Waals surface area (Å²) in [5.74, 6) is -0.278. The molecule has 2 N–H and O–H groups in total. The highest BCUT2D eigenvalue weighted by Gasteiger charge is 2.50. The van der Waals surface area contributed by atoms with Gasteiger partial charge in [-0.25, -0.2) is 5.01 Å². The Morgan fingerprint density at radius 1 is 1.02 bits per heavy atom. The number of benzene rings is 3. The maximum atomic E-state index is 14.2. The highest BCUT2D eigenvalue weighted by molar-refractivity contribution is 5.92. The topological polar surface area (TPSA) is 96.4 Å². The number of hydrogen-bond donors (Lipinski definition) is 2. The largest absolute Gasteiger partial charge is 0.508 e. The number of piperazine rings is 1. The van der Waals surface area contributed by atoms with Gasteiger partial charge in [-0.1, -0.05) is 67.6 Å². The van der Waals surface area contributed by atoms with Crippen LogP contribution in [0.4, 0.5) is 5.69 Å². The molecule has 3 atom stereocenters. The van der Waals surface area contributed by atoms with Gasteiger partial charge in [-0.2, -0.15) is 0 Å². The average molecular weight is 568 g/mol. The number of para-hydroxylation sites is 1. The van der Waals surface area contributed by atoms with Crippen molar-refractivity contribution in [2.75, 3.05) is 32.0 Å². The van der Waals surface area contributed by atoms with Crippen molar-refractivity contribution in [3.63, 3.8) is 0 Å². The fourth-order valence-electron chi connectivity index (χ4n) is 6.57. The van der Waals surface area contributed by atoms with Crippen LogP contribution in [0, 0.1) is 0 Å². The molecule has 3 aromatic rings. The van der Waals surface area contributed by atoms with Crippen LogP contribution in [0.15, 0.2) is 72.8 Å². The van der Waals surface area contributed by atoms with Crippen LogP contribution in [-0.2, 0) is 33.8 Å². The first kappa shape index (κ1) is 27.8. The van der Waals surface area contributed by atoms with Gasteiger partial charge >= 0.3 is 0 Å². The van der Waals surface area contributed by atoms with E-state index in [0.29, 0.717) is 6.54 Å². The van der Waals surface area contributed by atoms with E-state index in [4.69, 9.17) is 0 Å². The van der Waals surface area contributed by atoms with Crippen molar-refractivity contribution in [3.05, 3.63) is 95.1 Å². The molecule has 0 aliphatic carbocycles. The van der Waals surface area contributed by atoms with Crippen LogP contribution in [0.5, 0.6) is 5.75 Å². The summed E-state index contributed by atoms with van der Waals surface area (Å²) in [6.45, 7) is 3.51. The summed E-state index contributed by atoms with van der Waals surface area (Å²) in [6, 6.07) is 22.1. The van der Waals surface area contributed by atoms with E-state index in [2.05, 4.69) is 11.4 Å². The van der Waals surface area contributed by atoms with Crippen molar-refractivity contribution < 1.29 is 19.5 Å². The monoisotopic (exact) mass is 567 g/mol. The van der Waals surface area contributed by atoms with Gasteiger partial charge in [0.25, 0.3) is 0 Å². The Kier molecular flexibility index (Phi) is 7.60. The molecular formula is C33H37N5O4. The van der Waals surface area contributed by atoms with Gasteiger partial charge < -0.3 is 20.2 Å². The van der Waals surface area contributed by atoms with Gasteiger partial charge in [-0.05, 0) is 46.7 Å². The lowest BCUT2D eigenvalue weighted by Crippen LogP contribution is -2.75. The van der Waals surface area contributed by atoms with Gasteiger partial charge in [0, 0.05) is 38.7 Å². The summed E-state index contributed by atoms with van der Waals surface area (Å²) in [5.41, 5.74) is 5.25. The highest BCUT2D eigenvalue weighted by atomic mass is 16.3. The Labute approximate surface area is 246 Å². The number of likely N-dealkylation sites (N-methyl/N-ethyl adjacent to an activating group) is 1. The van der Waals surface area contributed by atoms with Crippen molar-refractivity contribution >= 4 is 23.4 Å². The number of fused-ring (bicyclic) bond motifs is 2. The maximum Gasteiger partial charge on any atom is 0.246 e. The van der Waals surface area contributed by atoms with Crippen molar-refractivity contribution in [3.8, 4) is 5.75 Å². The fourth-order valence-corrected chi connectivity index (χ4v) is 6.57. The molecule has 0 aromatic heterocycles. The predicted octanol–water partition coefficient (Wildman–Crippen LogP) is 3.35. The molecule has 3 amide bonds. The zero-order valence-corrected chi connectivity index (χ0v) is 24.1. The summed E-state index contributed by atoms with van der Waals surface area (Å²) in [4.78, 5) is 45.2. The molecule has 9 nitrogen and oxygen atoms in total. The van der Waals surface area contributed by atoms with E-state index in [1.807, 2.05) is 49.4 Å². The molecule has 0 bridgehead atoms. The third-order valence-corrected chi connectivity index (χ3v) is 8.70. The van der Waals surface area contributed by atoms with Crippen LogP contribution >= 0.6 is 0 Å². The smallest absolute Gasteiger partial charge is 0.246 e. The Morgan fingerprint density at radius 2 is 1.79 bits per heavy atom. The zero-order valence-electron chi connectivity index (χ0n) is 24.1. The van der Waals surface area contributed by atoms with Gasteiger partial charge in [-0.15, -0.1) is 0 Å². The van der Waals surface area contributed by atoms with E-state index in [1.165, 1.54) is 5.56 Å². The molecule has 2 fully saturated rings. The summed E-state index contributed by atoms with van der Waals surface area (Å²) < 4.78 is 0. The number of nitrogens with one attached hydrogen (secondary N) is 1. The fraction of sp³-hybridized carbons (Fsp3) is 0.364. The lowest BCUT2D eigenvalue weighted by molar-refractivity contribution is -0.203. The highest BCUT2D eigenvalue weighted by Crippen LogP contribution is 2.33. The standard InChI is InChI=1S/C33H37N5O4/c1-22(24-7-4-3-5-8-24)17-30(40)38-29-20-36(19-26-10-6-9-25-15-16-34-32(25)26)33(42)28(37(29)31(41)21-35(38)2)18-23-11-13-27(39)14-12-23/h3-14,22,28-29,34,39H,15-21H2,1-2H3/t22-,28+,29?/m1/s1. The van der Waals surface area contributed by atoms with Crippen LogP contribution < -0.4 is 5.32 Å². The van der Waals surface area contributed by atoms with Crippen molar-refractivity contribution in [1.29, 1.82) is 0 Å². The first-order valence-corrected chi connectivity index (χ1v) is 14.6. The van der Waals surface area contributed by atoms with Gasteiger partial charge in [0.05, 0.1) is 13.1 Å². The van der Waals surface area contributed by atoms with Crippen LogP contribution in [0.25, 0.3) is 0 Å². The van der Waals surface area contributed by atoms with Crippen molar-refractivity contribution in [2.24, 2.45) is 0 Å². The van der Waals surface area contributed by atoms with E-state index in [0.717, 1.165) is 35.3 Å². The Balaban J connectivity index is 1.33. The number of hydrogen-bond acceptors (Lipinski definition) is 6. The Morgan fingerprint density at radius 3 is 2.55 bits per heavy atom. The first-order valence-electron chi connectivity index (χ1n) is 14.6. The molecule has 6 rings (SSSR count). The minimum absolute atomic E-state index is 0.00900. The lowest BCUT2D eigenvalue weighted by Gasteiger charge is -2.55. The quantitative estimate of drug-likeness (QED) is 0.455. The third kappa shape index (κ3) is 5.32. The molecule has 3 aliphatic rings. The van der Waals surface area contributed by atoms with Gasteiger partial charge in [0.2, 0.25) is 17.7 Å². The molecule has 2 saturated heterocycles. The average Bonchev–Trinajstić information content (AvgIpc) is 3.47. The molecule has 0 spiro atoms. The molecule has 42 heavy (non-hydrogen) atoms. The van der Waals surface area contributed by atoms with E-state index < -0.39 is 12.2 Å². The van der Waals surface area contributed by atoms with Crippen molar-refractivity contribution in [1.82, 2.24) is 19.8 Å². The SMILES string of the molecule is C[C@H](CC(=O)N1C2CN(Cc3cccc4c3NCC4)C(=O)[C@H](Cc3ccc(O)cc3)N2C(=O)CN1C)c1ccccc1. The molecule has 3 heterocycles. The molecule has 0 saturated carbocycles. The summed E-state index contributed by atoms with van der Waals surface area (Å²) in [5, 5.41) is 16.7. The first-order chi connectivity index (χ1) is 20.3. The van der Waals surface area contributed by atoms with E-state index >= 15 is 0 Å². The summed E-state index contributed by atoms with van der Waals surface area (Å²) in [6.07, 6.45) is 0.878. The molecule has 3 aliphatic heterocycles. The number of carbonyl (C=O) groups excluding carboxylic acids is 3. The predicted molar refractivity (Wildman–Crippen MR) is 159 cm³/mol. The molecular weight excluding hydrogens is 530 g/mol. The van der Waals surface area contributed by atoms with E-state index in [-0.39, 0.29) is 55.3 Å². The minimum Gasteiger partial charge on any atom is -0.508 e. The molecule has 3 aromatic carbocycles. The maximum absolute atomic E-state index is 14.2. The van der Waals surface area contributed by atoms with Gasteiger partial charge in [0.1, 0.15) is 18.0 Å². The number of phenols is 1. The number of phenolic OH excluding ortho intramolecular Hbond substituents is 1. The number of carbonyl (C=O) groups is 3. The second-order valence-electron chi connectivity index (χ2n) is 11.6. The van der Waals surface area contributed by atoms with Crippen molar-refractivity contribution in [2.45, 2.75) is 50.9 Å². The number of anilines is 1. The number of amides is 3. The molecule has 218 valence electrons. The molecule has 1 unspecified atom stereocenters. The van der Waals surface area contributed by atoms with E-state index in [1.54, 1.807) is 51.1 Å². The van der Waals surface area contributed by atoms with Crippen LogP contribution in [0.3, 0.4) is 0 Å². The van der Waals surface area contributed by atoms with Crippen LogP contribution in [0.1, 0.15) is 41.5 Å². The normalized spacial score (nSPS) is 21.1. The summed E-state index contributed by atoms with van der Waals surface area (Å²) >= 11 is 0. The number of rotatable bonds is 7. The molecule has 0 radical (unpaired) electrons. The number of aromatic hydroxyl groups is 1. The van der Waals surface area contributed by atoms with E-state index in [9.17, 15) is 19.5 Å². The molecule has 9 heteroatoms. The Hall–Kier alpha value is -4.37. The van der Waals surface area contributed by atoms with Gasteiger partial charge in [-0.3, -0.25) is 19.4 Å². The zero-order chi connectivity index (χ0) is 29.4. The summed E-state index contributed by atoms with van der Waals surface area (Å²) in [7, 11) is 1.77. The second-order valence-corrected chi connectivity index (χ2v) is 11.6. The Bertz CT molecular complexity index is 1480. The van der Waals surface area contributed by atoms with Crippen LogP contribution in [-0.4, -0.2) is 81.5 Å². The van der Waals surface area contributed by atoms with Crippen LogP contribution in [0.2, 0.25) is 0 Å². The number of nitrogens with zero attached hydrogens (tertiary/aromatic N) is 4. The van der Waals surface area contributed by atoms with Gasteiger partial charge in [0.15, 0.2) is 0 Å². The minimum atomic E-state index is -0.777. The third-order valence-electron chi connectivity index (χ3n) is 8.70. The number of hydrazine groups is 1. The lowest BCUT2D eigenvalue weighted by atomic mass is 9.96.